The number of pyridine rings is 1. The second-order valence-corrected chi connectivity index (χ2v) is 6.60. The van der Waals surface area contributed by atoms with E-state index < -0.39 is 0 Å². The number of halogens is 1. The molecule has 5 heteroatoms. The van der Waals surface area contributed by atoms with Crippen LogP contribution in [0.3, 0.4) is 0 Å². The van der Waals surface area contributed by atoms with Crippen LogP contribution in [-0.4, -0.2) is 14.8 Å². The van der Waals surface area contributed by atoms with E-state index in [1.807, 2.05) is 72.3 Å². The number of nitrogens with zero attached hydrogens (tertiary/aromatic N) is 3. The van der Waals surface area contributed by atoms with Crippen LogP contribution >= 0.6 is 11.6 Å². The average Bonchev–Trinajstić information content (AvgIpc) is 2.99. The molecule has 0 saturated carbocycles. The van der Waals surface area contributed by atoms with Gasteiger partial charge in [-0.15, -0.1) is 0 Å². The number of hydrogen-bond acceptors (Lipinski definition) is 3. The molecule has 26 heavy (non-hydrogen) atoms. The zero-order chi connectivity index (χ0) is 18.1. The van der Waals surface area contributed by atoms with Gasteiger partial charge in [-0.1, -0.05) is 48.0 Å². The summed E-state index contributed by atoms with van der Waals surface area (Å²) in [5.74, 6) is 0.562. The molecule has 2 heterocycles. The molecule has 0 N–H and O–H groups in total. The van der Waals surface area contributed by atoms with Gasteiger partial charge in [0.05, 0.1) is 11.4 Å². The maximum atomic E-state index is 6.21. The van der Waals surface area contributed by atoms with Gasteiger partial charge >= 0.3 is 0 Å². The summed E-state index contributed by atoms with van der Waals surface area (Å²) in [5, 5.41) is 6.42. The van der Waals surface area contributed by atoms with E-state index in [4.69, 9.17) is 21.3 Å². The summed E-state index contributed by atoms with van der Waals surface area (Å²) in [6, 6.07) is 19.6. The largest absolute Gasteiger partial charge is 0.473 e. The average molecular weight is 364 g/mol. The number of hydrogen-bond donors (Lipinski definition) is 0. The highest BCUT2D eigenvalue weighted by molar-refractivity contribution is 6.31. The molecule has 4 rings (SSSR count). The number of para-hydroxylation sites is 1. The van der Waals surface area contributed by atoms with Crippen LogP contribution in [0.25, 0.3) is 16.7 Å². The summed E-state index contributed by atoms with van der Waals surface area (Å²) < 4.78 is 7.79. The number of rotatable bonds is 4. The van der Waals surface area contributed by atoms with Crippen molar-refractivity contribution in [3.05, 3.63) is 82.5 Å². The summed E-state index contributed by atoms with van der Waals surface area (Å²) in [6.45, 7) is 4.42. The smallest absolute Gasteiger partial charge is 0.215 e. The Bertz CT molecular complexity index is 1070. The van der Waals surface area contributed by atoms with Crippen LogP contribution in [0.4, 0.5) is 0 Å². The molecule has 0 spiro atoms. The fraction of sp³-hybridized carbons (Fsp3) is 0.143. The molecule has 0 radical (unpaired) electrons. The molecular formula is C21H18ClN3O. The van der Waals surface area contributed by atoms with Crippen LogP contribution in [0.15, 0.2) is 60.7 Å². The van der Waals surface area contributed by atoms with Gasteiger partial charge in [-0.2, -0.15) is 10.1 Å². The minimum atomic E-state index is 0.371. The third-order valence-electron chi connectivity index (χ3n) is 4.32. The summed E-state index contributed by atoms with van der Waals surface area (Å²) in [7, 11) is 0. The zero-order valence-corrected chi connectivity index (χ0v) is 15.4. The highest BCUT2D eigenvalue weighted by Gasteiger charge is 2.15. The Balaban J connectivity index is 1.74. The van der Waals surface area contributed by atoms with Crippen LogP contribution < -0.4 is 4.74 Å². The van der Waals surface area contributed by atoms with Gasteiger partial charge in [-0.3, -0.25) is 0 Å². The van der Waals surface area contributed by atoms with Gasteiger partial charge in [0, 0.05) is 22.0 Å². The number of aromatic nitrogens is 3. The lowest BCUT2D eigenvalue weighted by molar-refractivity contribution is 0.294. The molecule has 0 atom stereocenters. The lowest BCUT2D eigenvalue weighted by Gasteiger charge is -2.09. The Hall–Kier alpha value is -2.85. The van der Waals surface area contributed by atoms with Gasteiger partial charge in [-0.25, -0.2) is 4.68 Å². The van der Waals surface area contributed by atoms with E-state index in [0.29, 0.717) is 17.5 Å². The molecule has 0 fully saturated rings. The van der Waals surface area contributed by atoms with Crippen molar-refractivity contribution in [2.24, 2.45) is 0 Å². The van der Waals surface area contributed by atoms with E-state index in [9.17, 15) is 0 Å². The molecule has 0 aliphatic rings. The first-order chi connectivity index (χ1) is 12.6. The first kappa shape index (κ1) is 16.6. The van der Waals surface area contributed by atoms with Gasteiger partial charge in [0.25, 0.3) is 0 Å². The normalized spacial score (nSPS) is 11.0. The van der Waals surface area contributed by atoms with Gasteiger partial charge in [0.1, 0.15) is 6.61 Å². The highest BCUT2D eigenvalue weighted by atomic mass is 35.5. The molecule has 2 aromatic carbocycles. The van der Waals surface area contributed by atoms with Crippen molar-refractivity contribution < 1.29 is 4.74 Å². The quantitative estimate of drug-likeness (QED) is 0.496. The molecule has 4 aromatic rings. The van der Waals surface area contributed by atoms with Crippen LogP contribution in [-0.2, 0) is 6.61 Å². The van der Waals surface area contributed by atoms with E-state index in [0.717, 1.165) is 33.5 Å². The zero-order valence-electron chi connectivity index (χ0n) is 14.6. The minimum Gasteiger partial charge on any atom is -0.473 e. The molecule has 0 amide bonds. The van der Waals surface area contributed by atoms with Gasteiger partial charge < -0.3 is 4.74 Å². The Morgan fingerprint density at radius 3 is 2.50 bits per heavy atom. The monoisotopic (exact) mass is 363 g/mol. The summed E-state index contributed by atoms with van der Waals surface area (Å²) in [4.78, 5) is 4.71. The summed E-state index contributed by atoms with van der Waals surface area (Å²) in [5.41, 5.74) is 4.74. The molecule has 0 aliphatic heterocycles. The van der Waals surface area contributed by atoms with Crippen molar-refractivity contribution in [3.8, 4) is 11.6 Å². The molecular weight excluding hydrogens is 346 g/mol. The van der Waals surface area contributed by atoms with Crippen molar-refractivity contribution >= 4 is 22.6 Å². The Kier molecular flexibility index (Phi) is 4.35. The van der Waals surface area contributed by atoms with Crippen LogP contribution in [0.2, 0.25) is 5.02 Å². The predicted octanol–water partition coefficient (Wildman–Crippen LogP) is 5.27. The van der Waals surface area contributed by atoms with E-state index >= 15 is 0 Å². The van der Waals surface area contributed by atoms with Crippen molar-refractivity contribution in [1.29, 1.82) is 0 Å². The summed E-state index contributed by atoms with van der Waals surface area (Å²) >= 11 is 6.21. The first-order valence-electron chi connectivity index (χ1n) is 8.42. The lowest BCUT2D eigenvalue weighted by atomic mass is 10.1. The molecule has 4 nitrogen and oxygen atoms in total. The van der Waals surface area contributed by atoms with E-state index in [1.54, 1.807) is 0 Å². The van der Waals surface area contributed by atoms with Gasteiger partial charge in [0.15, 0.2) is 5.65 Å². The second kappa shape index (κ2) is 6.81. The standard InChI is InChI=1S/C21H18ClN3O/c1-14-12-19(26-13-16-8-6-7-11-18(16)22)23-21-20(14)15(2)24-25(21)17-9-4-3-5-10-17/h3-12H,13H2,1-2H3. The molecule has 0 unspecified atom stereocenters. The van der Waals surface area contributed by atoms with Crippen molar-refractivity contribution in [2.75, 3.05) is 0 Å². The molecule has 2 aromatic heterocycles. The fourth-order valence-corrected chi connectivity index (χ4v) is 3.25. The lowest BCUT2D eigenvalue weighted by Crippen LogP contribution is -2.01. The number of ether oxygens (including phenoxy) is 1. The molecule has 0 aliphatic carbocycles. The number of benzene rings is 2. The Labute approximate surface area is 157 Å². The van der Waals surface area contributed by atoms with E-state index in [-0.39, 0.29) is 0 Å². The SMILES string of the molecule is Cc1cc(OCc2ccccc2Cl)nc2c1c(C)nn2-c1ccccc1. The highest BCUT2D eigenvalue weighted by Crippen LogP contribution is 2.27. The maximum absolute atomic E-state index is 6.21. The molecule has 0 bridgehead atoms. The van der Waals surface area contributed by atoms with Crippen LogP contribution in [0, 0.1) is 13.8 Å². The number of aryl methyl sites for hydroxylation is 2. The topological polar surface area (TPSA) is 39.9 Å². The maximum Gasteiger partial charge on any atom is 0.215 e. The van der Waals surface area contributed by atoms with Gasteiger partial charge in [0.2, 0.25) is 5.88 Å². The second-order valence-electron chi connectivity index (χ2n) is 6.19. The Morgan fingerprint density at radius 1 is 1.00 bits per heavy atom. The van der Waals surface area contributed by atoms with Crippen LogP contribution in [0.5, 0.6) is 5.88 Å². The first-order valence-corrected chi connectivity index (χ1v) is 8.80. The molecule has 130 valence electrons. The van der Waals surface area contributed by atoms with Crippen molar-refractivity contribution in [1.82, 2.24) is 14.8 Å². The summed E-state index contributed by atoms with van der Waals surface area (Å²) in [6.07, 6.45) is 0. The van der Waals surface area contributed by atoms with Gasteiger partial charge in [-0.05, 0) is 37.6 Å². The van der Waals surface area contributed by atoms with Crippen LogP contribution in [0.1, 0.15) is 16.8 Å². The third kappa shape index (κ3) is 3.04. The Morgan fingerprint density at radius 2 is 1.73 bits per heavy atom. The van der Waals surface area contributed by atoms with Crippen molar-refractivity contribution in [3.63, 3.8) is 0 Å². The third-order valence-corrected chi connectivity index (χ3v) is 4.69. The van der Waals surface area contributed by atoms with Crippen molar-refractivity contribution in [2.45, 2.75) is 20.5 Å². The fourth-order valence-electron chi connectivity index (χ4n) is 3.06. The van der Waals surface area contributed by atoms with E-state index in [2.05, 4.69) is 12.0 Å². The molecule has 0 saturated heterocycles. The number of fused-ring (bicyclic) bond motifs is 1. The van der Waals surface area contributed by atoms with E-state index in [1.165, 1.54) is 0 Å². The predicted molar refractivity (Wildman–Crippen MR) is 104 cm³/mol. The minimum absolute atomic E-state index is 0.371.